The number of para-hydroxylation sites is 1. The van der Waals surface area contributed by atoms with Crippen LogP contribution in [-0.2, 0) is 0 Å². The summed E-state index contributed by atoms with van der Waals surface area (Å²) in [6, 6.07) is 17.1. The fourth-order valence-electron chi connectivity index (χ4n) is 2.72. The van der Waals surface area contributed by atoms with Crippen molar-refractivity contribution in [3.8, 4) is 17.0 Å². The van der Waals surface area contributed by atoms with E-state index in [9.17, 15) is 4.79 Å². The molecule has 1 unspecified atom stereocenters. The Kier molecular flexibility index (Phi) is 3.82. The summed E-state index contributed by atoms with van der Waals surface area (Å²) < 4.78 is 6.59. The van der Waals surface area contributed by atoms with Crippen LogP contribution in [0.25, 0.3) is 11.3 Å². The van der Waals surface area contributed by atoms with Gasteiger partial charge < -0.3 is 10.1 Å². The Hall–Kier alpha value is -2.60. The SMILES string of the molecule is O=C(NC1COc2ccccc21)c1cc(-c2ccc(Br)cc2)n[nH]1. The fourth-order valence-corrected chi connectivity index (χ4v) is 2.99. The number of carbonyl (C=O) groups excluding carboxylic acids is 1. The predicted octanol–water partition coefficient (Wildman–Crippen LogP) is 3.70. The Morgan fingerprint density at radius 3 is 2.83 bits per heavy atom. The highest BCUT2D eigenvalue weighted by atomic mass is 79.9. The molecule has 24 heavy (non-hydrogen) atoms. The summed E-state index contributed by atoms with van der Waals surface area (Å²) in [5.74, 6) is 0.624. The van der Waals surface area contributed by atoms with Gasteiger partial charge in [0, 0.05) is 15.6 Å². The maximum Gasteiger partial charge on any atom is 0.269 e. The molecular formula is C18H14BrN3O2. The van der Waals surface area contributed by atoms with Crippen LogP contribution in [0.2, 0.25) is 0 Å². The standard InChI is InChI=1S/C18H14BrN3O2/c19-12-7-5-11(6-8-12)14-9-15(22-21-14)18(23)20-16-10-24-17-4-2-1-3-13(16)17/h1-9,16H,10H2,(H,20,23)(H,21,22). The molecule has 1 aliphatic rings. The number of aromatic nitrogens is 2. The van der Waals surface area contributed by atoms with Gasteiger partial charge in [0.2, 0.25) is 0 Å². The van der Waals surface area contributed by atoms with Gasteiger partial charge in [0.15, 0.2) is 0 Å². The molecule has 2 heterocycles. The smallest absolute Gasteiger partial charge is 0.269 e. The van der Waals surface area contributed by atoms with Gasteiger partial charge >= 0.3 is 0 Å². The zero-order valence-electron chi connectivity index (χ0n) is 12.6. The van der Waals surface area contributed by atoms with E-state index >= 15 is 0 Å². The number of aromatic amines is 1. The first-order valence-corrected chi connectivity index (χ1v) is 8.34. The normalized spacial score (nSPS) is 15.6. The largest absolute Gasteiger partial charge is 0.491 e. The highest BCUT2D eigenvalue weighted by molar-refractivity contribution is 9.10. The van der Waals surface area contributed by atoms with Crippen LogP contribution in [0.4, 0.5) is 0 Å². The molecule has 1 aliphatic heterocycles. The van der Waals surface area contributed by atoms with Gasteiger partial charge in [-0.05, 0) is 24.3 Å². The number of nitrogens with one attached hydrogen (secondary N) is 2. The first-order valence-electron chi connectivity index (χ1n) is 7.54. The molecule has 0 fully saturated rings. The van der Waals surface area contributed by atoms with Crippen molar-refractivity contribution >= 4 is 21.8 Å². The monoisotopic (exact) mass is 383 g/mol. The van der Waals surface area contributed by atoms with E-state index in [0.29, 0.717) is 12.3 Å². The third kappa shape index (κ3) is 2.80. The Balaban J connectivity index is 1.51. The average Bonchev–Trinajstić information content (AvgIpc) is 3.23. The number of ether oxygens (including phenoxy) is 1. The highest BCUT2D eigenvalue weighted by Crippen LogP contribution is 2.31. The second kappa shape index (κ2) is 6.13. The van der Waals surface area contributed by atoms with Crippen molar-refractivity contribution in [1.29, 1.82) is 0 Å². The molecule has 1 amide bonds. The molecule has 0 aliphatic carbocycles. The van der Waals surface area contributed by atoms with Crippen molar-refractivity contribution in [3.05, 3.63) is 70.3 Å². The number of hydrogen-bond donors (Lipinski definition) is 2. The molecule has 0 spiro atoms. The fraction of sp³-hybridized carbons (Fsp3) is 0.111. The minimum Gasteiger partial charge on any atom is -0.491 e. The van der Waals surface area contributed by atoms with Crippen molar-refractivity contribution in [2.45, 2.75) is 6.04 Å². The van der Waals surface area contributed by atoms with Crippen molar-refractivity contribution in [2.75, 3.05) is 6.61 Å². The summed E-state index contributed by atoms with van der Waals surface area (Å²) in [5, 5.41) is 10.0. The van der Waals surface area contributed by atoms with Crippen molar-refractivity contribution in [1.82, 2.24) is 15.5 Å². The van der Waals surface area contributed by atoms with E-state index < -0.39 is 0 Å². The summed E-state index contributed by atoms with van der Waals surface area (Å²) in [7, 11) is 0. The molecule has 0 bridgehead atoms. The van der Waals surface area contributed by atoms with E-state index in [0.717, 1.165) is 27.0 Å². The second-order valence-electron chi connectivity index (χ2n) is 5.55. The quantitative estimate of drug-likeness (QED) is 0.724. The van der Waals surface area contributed by atoms with Crippen LogP contribution >= 0.6 is 15.9 Å². The van der Waals surface area contributed by atoms with Crippen LogP contribution in [0.15, 0.2) is 59.1 Å². The number of fused-ring (bicyclic) bond motifs is 1. The molecule has 4 rings (SSSR count). The lowest BCUT2D eigenvalue weighted by molar-refractivity contribution is 0.0925. The van der Waals surface area contributed by atoms with Crippen LogP contribution in [0, 0.1) is 0 Å². The number of amides is 1. The number of rotatable bonds is 3. The molecule has 6 heteroatoms. The molecule has 2 N–H and O–H groups in total. The first kappa shape index (κ1) is 15.0. The Bertz CT molecular complexity index is 889. The predicted molar refractivity (Wildman–Crippen MR) is 93.9 cm³/mol. The third-order valence-corrected chi connectivity index (χ3v) is 4.50. The van der Waals surface area contributed by atoms with Gasteiger partial charge in [-0.15, -0.1) is 0 Å². The van der Waals surface area contributed by atoms with Crippen LogP contribution < -0.4 is 10.1 Å². The van der Waals surface area contributed by atoms with Crippen molar-refractivity contribution in [3.63, 3.8) is 0 Å². The number of H-pyrrole nitrogens is 1. The molecule has 1 atom stereocenters. The summed E-state index contributed by atoms with van der Waals surface area (Å²) in [6.07, 6.45) is 0. The minimum atomic E-state index is -0.198. The molecule has 120 valence electrons. The molecule has 0 radical (unpaired) electrons. The highest BCUT2D eigenvalue weighted by Gasteiger charge is 2.26. The molecular weight excluding hydrogens is 370 g/mol. The lowest BCUT2D eigenvalue weighted by atomic mass is 10.1. The Morgan fingerprint density at radius 2 is 2.00 bits per heavy atom. The minimum absolute atomic E-state index is 0.145. The summed E-state index contributed by atoms with van der Waals surface area (Å²) in [5.41, 5.74) is 3.11. The van der Waals surface area contributed by atoms with E-state index in [1.165, 1.54) is 0 Å². The lowest BCUT2D eigenvalue weighted by Gasteiger charge is -2.10. The van der Waals surface area contributed by atoms with Crippen LogP contribution in [0.5, 0.6) is 5.75 Å². The number of benzene rings is 2. The Labute approximate surface area is 147 Å². The Morgan fingerprint density at radius 1 is 1.21 bits per heavy atom. The first-order chi connectivity index (χ1) is 11.7. The van der Waals surface area contributed by atoms with Gasteiger partial charge in [0.05, 0.1) is 11.7 Å². The number of nitrogens with zero attached hydrogens (tertiary/aromatic N) is 1. The summed E-state index contributed by atoms with van der Waals surface area (Å²) in [6.45, 7) is 0.443. The zero-order chi connectivity index (χ0) is 16.5. The summed E-state index contributed by atoms with van der Waals surface area (Å²) in [4.78, 5) is 12.5. The second-order valence-corrected chi connectivity index (χ2v) is 6.46. The lowest BCUT2D eigenvalue weighted by Crippen LogP contribution is -2.29. The van der Waals surface area contributed by atoms with E-state index in [2.05, 4.69) is 31.4 Å². The van der Waals surface area contributed by atoms with Crippen LogP contribution in [0.3, 0.4) is 0 Å². The number of hydrogen-bond acceptors (Lipinski definition) is 3. The van der Waals surface area contributed by atoms with Gasteiger partial charge in [0.25, 0.3) is 5.91 Å². The van der Waals surface area contributed by atoms with E-state index in [1.807, 2.05) is 48.5 Å². The molecule has 5 nitrogen and oxygen atoms in total. The van der Waals surface area contributed by atoms with Crippen LogP contribution in [-0.4, -0.2) is 22.7 Å². The average molecular weight is 384 g/mol. The topological polar surface area (TPSA) is 67.0 Å². The maximum atomic E-state index is 12.5. The van der Waals surface area contributed by atoms with Gasteiger partial charge in [-0.25, -0.2) is 0 Å². The van der Waals surface area contributed by atoms with Gasteiger partial charge in [-0.3, -0.25) is 9.89 Å². The number of halogens is 1. The van der Waals surface area contributed by atoms with Crippen LogP contribution in [0.1, 0.15) is 22.1 Å². The zero-order valence-corrected chi connectivity index (χ0v) is 14.2. The van der Waals surface area contributed by atoms with Crippen molar-refractivity contribution < 1.29 is 9.53 Å². The molecule has 0 saturated heterocycles. The van der Waals surface area contributed by atoms with E-state index in [4.69, 9.17) is 4.74 Å². The molecule has 1 aromatic heterocycles. The van der Waals surface area contributed by atoms with Gasteiger partial charge in [-0.1, -0.05) is 46.3 Å². The van der Waals surface area contributed by atoms with Gasteiger partial charge in [-0.2, -0.15) is 5.10 Å². The van der Waals surface area contributed by atoms with E-state index in [1.54, 1.807) is 6.07 Å². The van der Waals surface area contributed by atoms with E-state index in [-0.39, 0.29) is 11.9 Å². The third-order valence-electron chi connectivity index (χ3n) is 3.97. The molecule has 3 aromatic rings. The summed E-state index contributed by atoms with van der Waals surface area (Å²) >= 11 is 3.40. The molecule has 2 aromatic carbocycles. The van der Waals surface area contributed by atoms with Gasteiger partial charge in [0.1, 0.15) is 18.1 Å². The number of carbonyl (C=O) groups is 1. The maximum absolute atomic E-state index is 12.5. The van der Waals surface area contributed by atoms with Crippen molar-refractivity contribution in [2.24, 2.45) is 0 Å². The molecule has 0 saturated carbocycles.